The van der Waals surface area contributed by atoms with E-state index in [1.807, 2.05) is 0 Å². The smallest absolute Gasteiger partial charge is 0.300 e. The van der Waals surface area contributed by atoms with Gasteiger partial charge in [-0.1, -0.05) is 6.92 Å². The molecule has 0 atom stereocenters. The van der Waals surface area contributed by atoms with Crippen LogP contribution in [0.15, 0.2) is 16.8 Å². The summed E-state index contributed by atoms with van der Waals surface area (Å²) in [6.45, 7) is 4.47. The molecule has 2 aromatic rings. The summed E-state index contributed by atoms with van der Waals surface area (Å²) in [5, 5.41) is 21.6. The maximum Gasteiger partial charge on any atom is 0.300 e. The molecule has 0 unspecified atom stereocenters. The van der Waals surface area contributed by atoms with Crippen molar-refractivity contribution in [2.24, 2.45) is 5.41 Å². The monoisotopic (exact) mass is 292 g/mol. The molecule has 21 heavy (non-hydrogen) atoms. The number of hydrogen-bond acceptors (Lipinski definition) is 7. The van der Waals surface area contributed by atoms with Gasteiger partial charge in [-0.3, -0.25) is 10.1 Å². The fourth-order valence-corrected chi connectivity index (χ4v) is 2.49. The van der Waals surface area contributed by atoms with Gasteiger partial charge in [0.2, 0.25) is 5.52 Å². The van der Waals surface area contributed by atoms with Gasteiger partial charge in [-0.2, -0.15) is 0 Å². The molecule has 8 heteroatoms. The van der Waals surface area contributed by atoms with Crippen molar-refractivity contribution in [3.8, 4) is 0 Å². The van der Waals surface area contributed by atoms with Gasteiger partial charge in [-0.05, 0) is 34.6 Å². The van der Waals surface area contributed by atoms with Crippen LogP contribution in [0.1, 0.15) is 19.8 Å². The molecule has 0 amide bonds. The summed E-state index contributed by atoms with van der Waals surface area (Å²) < 4.78 is 10.0. The number of ether oxygens (including phenoxy) is 1. The van der Waals surface area contributed by atoms with Crippen LogP contribution in [-0.4, -0.2) is 35.0 Å². The van der Waals surface area contributed by atoms with Crippen molar-refractivity contribution >= 4 is 22.4 Å². The molecule has 3 rings (SSSR count). The Morgan fingerprint density at radius 1 is 1.33 bits per heavy atom. The van der Waals surface area contributed by atoms with Gasteiger partial charge in [0, 0.05) is 25.8 Å². The fourth-order valence-electron chi connectivity index (χ4n) is 2.49. The lowest BCUT2D eigenvalue weighted by Gasteiger charge is -2.33. The van der Waals surface area contributed by atoms with E-state index < -0.39 is 4.92 Å². The molecule has 2 heterocycles. The van der Waals surface area contributed by atoms with Gasteiger partial charge in [-0.25, -0.2) is 4.63 Å². The molecule has 1 saturated heterocycles. The predicted molar refractivity (Wildman–Crippen MR) is 75.1 cm³/mol. The Labute approximate surface area is 120 Å². The van der Waals surface area contributed by atoms with Gasteiger partial charge in [-0.15, -0.1) is 0 Å². The minimum absolute atomic E-state index is 0.103. The highest BCUT2D eigenvalue weighted by atomic mass is 16.6. The summed E-state index contributed by atoms with van der Waals surface area (Å²) in [6, 6.07) is 3.06. The zero-order valence-corrected chi connectivity index (χ0v) is 11.7. The SMILES string of the molecule is CC1(CNc2ccc([N+](=O)[O-])c3nonc23)CCOCC1. The molecular weight excluding hydrogens is 276 g/mol. The first-order valence-corrected chi connectivity index (χ1v) is 6.80. The van der Waals surface area contributed by atoms with Crippen LogP contribution in [0.25, 0.3) is 11.0 Å². The largest absolute Gasteiger partial charge is 0.383 e. The van der Waals surface area contributed by atoms with Gasteiger partial charge in [0.1, 0.15) is 0 Å². The van der Waals surface area contributed by atoms with E-state index in [0.29, 0.717) is 11.2 Å². The molecule has 0 aliphatic carbocycles. The number of anilines is 1. The Morgan fingerprint density at radius 3 is 2.76 bits per heavy atom. The highest BCUT2D eigenvalue weighted by Gasteiger charge is 2.28. The quantitative estimate of drug-likeness (QED) is 0.681. The summed E-state index contributed by atoms with van der Waals surface area (Å²) in [5.74, 6) is 0. The first kappa shape index (κ1) is 13.7. The second-order valence-electron chi connectivity index (χ2n) is 5.63. The van der Waals surface area contributed by atoms with Crippen molar-refractivity contribution in [2.45, 2.75) is 19.8 Å². The van der Waals surface area contributed by atoms with Crippen LogP contribution in [0.3, 0.4) is 0 Å². The molecule has 0 spiro atoms. The molecule has 1 N–H and O–H groups in total. The van der Waals surface area contributed by atoms with Gasteiger partial charge in [0.25, 0.3) is 0 Å². The van der Waals surface area contributed by atoms with Crippen LogP contribution in [0.4, 0.5) is 11.4 Å². The predicted octanol–water partition coefficient (Wildman–Crippen LogP) is 2.36. The number of nitrogens with one attached hydrogen (secondary N) is 1. The van der Waals surface area contributed by atoms with E-state index in [-0.39, 0.29) is 16.6 Å². The van der Waals surface area contributed by atoms with E-state index in [9.17, 15) is 10.1 Å². The minimum Gasteiger partial charge on any atom is -0.383 e. The van der Waals surface area contributed by atoms with Crippen LogP contribution in [-0.2, 0) is 4.74 Å². The van der Waals surface area contributed by atoms with Crippen molar-refractivity contribution in [3.63, 3.8) is 0 Å². The molecule has 8 nitrogen and oxygen atoms in total. The Morgan fingerprint density at radius 2 is 2.05 bits per heavy atom. The summed E-state index contributed by atoms with van der Waals surface area (Å²) in [7, 11) is 0. The minimum atomic E-state index is -0.490. The lowest BCUT2D eigenvalue weighted by atomic mass is 9.82. The number of benzene rings is 1. The molecule has 1 aliphatic heterocycles. The Bertz CT molecular complexity index is 663. The van der Waals surface area contributed by atoms with Crippen molar-refractivity contribution in [1.29, 1.82) is 0 Å². The highest BCUT2D eigenvalue weighted by molar-refractivity contribution is 5.93. The Kier molecular flexibility index (Phi) is 3.46. The van der Waals surface area contributed by atoms with Gasteiger partial charge >= 0.3 is 5.69 Å². The summed E-state index contributed by atoms with van der Waals surface area (Å²) >= 11 is 0. The third-order valence-corrected chi connectivity index (χ3v) is 4.00. The van der Waals surface area contributed by atoms with E-state index in [1.54, 1.807) is 6.07 Å². The topological polar surface area (TPSA) is 103 Å². The van der Waals surface area contributed by atoms with Crippen LogP contribution >= 0.6 is 0 Å². The Balaban J connectivity index is 1.83. The van der Waals surface area contributed by atoms with Gasteiger partial charge < -0.3 is 10.1 Å². The number of rotatable bonds is 4. The zero-order chi connectivity index (χ0) is 14.9. The first-order chi connectivity index (χ1) is 10.1. The van der Waals surface area contributed by atoms with Crippen LogP contribution in [0, 0.1) is 15.5 Å². The average molecular weight is 292 g/mol. The molecule has 112 valence electrons. The maximum atomic E-state index is 10.9. The lowest BCUT2D eigenvalue weighted by Crippen LogP contribution is -2.33. The standard InChI is InChI=1S/C13H16N4O4/c1-13(4-6-20-7-5-13)8-14-9-2-3-10(17(18)19)12-11(9)15-21-16-12/h2-3,14H,4-8H2,1H3. The zero-order valence-electron chi connectivity index (χ0n) is 11.7. The third kappa shape index (κ3) is 2.66. The lowest BCUT2D eigenvalue weighted by molar-refractivity contribution is -0.383. The normalized spacial score (nSPS) is 17.8. The molecule has 1 aromatic carbocycles. The molecule has 0 bridgehead atoms. The number of fused-ring (bicyclic) bond motifs is 1. The van der Waals surface area contributed by atoms with Crippen molar-refractivity contribution in [3.05, 3.63) is 22.2 Å². The maximum absolute atomic E-state index is 10.9. The number of aromatic nitrogens is 2. The fraction of sp³-hybridized carbons (Fsp3) is 0.538. The number of nitro benzene ring substituents is 1. The van der Waals surface area contributed by atoms with Gasteiger partial charge in [0.05, 0.1) is 10.6 Å². The highest BCUT2D eigenvalue weighted by Crippen LogP contribution is 2.32. The number of non-ortho nitro benzene ring substituents is 1. The van der Waals surface area contributed by atoms with E-state index in [4.69, 9.17) is 4.74 Å². The van der Waals surface area contributed by atoms with Crippen LogP contribution in [0.2, 0.25) is 0 Å². The van der Waals surface area contributed by atoms with Crippen molar-refractivity contribution < 1.29 is 14.3 Å². The molecule has 0 radical (unpaired) electrons. The second-order valence-corrected chi connectivity index (χ2v) is 5.63. The van der Waals surface area contributed by atoms with Crippen LogP contribution < -0.4 is 5.32 Å². The summed E-state index contributed by atoms with van der Waals surface area (Å²) in [6.07, 6.45) is 1.96. The number of nitro groups is 1. The average Bonchev–Trinajstić information content (AvgIpc) is 2.94. The first-order valence-electron chi connectivity index (χ1n) is 6.80. The van der Waals surface area contributed by atoms with Gasteiger partial charge in [0.15, 0.2) is 5.52 Å². The van der Waals surface area contributed by atoms with E-state index >= 15 is 0 Å². The molecule has 0 saturated carbocycles. The Hall–Kier alpha value is -2.22. The van der Waals surface area contributed by atoms with E-state index in [1.165, 1.54) is 6.07 Å². The third-order valence-electron chi connectivity index (χ3n) is 4.00. The molecule has 1 aliphatic rings. The molecule has 1 aromatic heterocycles. The summed E-state index contributed by atoms with van der Waals surface area (Å²) in [4.78, 5) is 10.5. The number of hydrogen-bond donors (Lipinski definition) is 1. The molecular formula is C13H16N4O4. The van der Waals surface area contributed by atoms with E-state index in [2.05, 4.69) is 27.2 Å². The van der Waals surface area contributed by atoms with E-state index in [0.717, 1.165) is 32.6 Å². The molecule has 1 fully saturated rings. The van der Waals surface area contributed by atoms with Crippen molar-refractivity contribution in [1.82, 2.24) is 10.3 Å². The number of nitrogens with zero attached hydrogens (tertiary/aromatic N) is 3. The summed E-state index contributed by atoms with van der Waals surface area (Å²) in [5.41, 5.74) is 1.30. The van der Waals surface area contributed by atoms with Crippen molar-refractivity contribution in [2.75, 3.05) is 25.1 Å². The second kappa shape index (κ2) is 5.28. The van der Waals surface area contributed by atoms with Crippen LogP contribution in [0.5, 0.6) is 0 Å².